The fourth-order valence-corrected chi connectivity index (χ4v) is 4.11. The van der Waals surface area contributed by atoms with E-state index in [1.165, 1.54) is 16.7 Å². The van der Waals surface area contributed by atoms with Gasteiger partial charge in [0.1, 0.15) is 5.82 Å². The van der Waals surface area contributed by atoms with E-state index >= 15 is 0 Å². The van der Waals surface area contributed by atoms with Crippen LogP contribution in [0.15, 0.2) is 42.5 Å². The maximum Gasteiger partial charge on any atom is 0.123 e. The monoisotopic (exact) mass is 346 g/mol. The highest BCUT2D eigenvalue weighted by Crippen LogP contribution is 2.49. The quantitative estimate of drug-likeness (QED) is 0.677. The van der Waals surface area contributed by atoms with E-state index in [1.54, 1.807) is 12.1 Å². The van der Waals surface area contributed by atoms with Crippen molar-refractivity contribution in [2.24, 2.45) is 0 Å². The van der Waals surface area contributed by atoms with Crippen LogP contribution in [0.25, 0.3) is 0 Å². The Hall–Kier alpha value is -1.19. The SMILES string of the molecule is Fc1ccc2c(c1)C1OC(CBr)CC1c1ccccc1C2. The van der Waals surface area contributed by atoms with Crippen LogP contribution in [0.1, 0.15) is 40.7 Å². The Labute approximate surface area is 132 Å². The third-order valence-corrected chi connectivity index (χ3v) is 5.37. The van der Waals surface area contributed by atoms with E-state index in [9.17, 15) is 4.39 Å². The molecule has 21 heavy (non-hydrogen) atoms. The van der Waals surface area contributed by atoms with E-state index in [4.69, 9.17) is 4.74 Å². The summed E-state index contributed by atoms with van der Waals surface area (Å²) in [5, 5.41) is 0.826. The smallest absolute Gasteiger partial charge is 0.123 e. The predicted octanol–water partition coefficient (Wildman–Crippen LogP) is 4.74. The zero-order valence-corrected chi connectivity index (χ0v) is 13.1. The van der Waals surface area contributed by atoms with E-state index < -0.39 is 0 Å². The molecule has 3 atom stereocenters. The van der Waals surface area contributed by atoms with Crippen molar-refractivity contribution in [1.82, 2.24) is 0 Å². The van der Waals surface area contributed by atoms with E-state index in [1.807, 2.05) is 6.07 Å². The van der Waals surface area contributed by atoms with Crippen LogP contribution in [0.3, 0.4) is 0 Å². The van der Waals surface area contributed by atoms with Crippen LogP contribution < -0.4 is 0 Å². The summed E-state index contributed by atoms with van der Waals surface area (Å²) in [5.41, 5.74) is 4.92. The van der Waals surface area contributed by atoms with Gasteiger partial charge in [-0.25, -0.2) is 4.39 Å². The van der Waals surface area contributed by atoms with E-state index in [0.29, 0.717) is 5.92 Å². The van der Waals surface area contributed by atoms with Crippen molar-refractivity contribution in [2.45, 2.75) is 31.0 Å². The summed E-state index contributed by atoms with van der Waals surface area (Å²) in [5.74, 6) is 0.149. The van der Waals surface area contributed by atoms with E-state index in [2.05, 4.69) is 40.2 Å². The molecule has 0 radical (unpaired) electrons. The summed E-state index contributed by atoms with van der Waals surface area (Å²) in [4.78, 5) is 0. The molecule has 0 spiro atoms. The second kappa shape index (κ2) is 5.22. The van der Waals surface area contributed by atoms with Gasteiger partial charge in [0.2, 0.25) is 0 Å². The van der Waals surface area contributed by atoms with Crippen molar-refractivity contribution in [1.29, 1.82) is 0 Å². The van der Waals surface area contributed by atoms with Gasteiger partial charge in [-0.05, 0) is 47.2 Å². The Kier molecular flexibility index (Phi) is 3.35. The summed E-state index contributed by atoms with van der Waals surface area (Å²) in [6, 6.07) is 13.7. The van der Waals surface area contributed by atoms with Gasteiger partial charge in [0, 0.05) is 11.2 Å². The molecule has 0 bridgehead atoms. The highest BCUT2D eigenvalue weighted by Gasteiger charge is 2.40. The van der Waals surface area contributed by atoms with Gasteiger partial charge in [0.15, 0.2) is 0 Å². The van der Waals surface area contributed by atoms with Crippen LogP contribution in [-0.4, -0.2) is 11.4 Å². The number of hydrogen-bond donors (Lipinski definition) is 0. The fourth-order valence-electron chi connectivity index (χ4n) is 3.70. The highest BCUT2D eigenvalue weighted by molar-refractivity contribution is 9.09. The van der Waals surface area contributed by atoms with Gasteiger partial charge in [-0.1, -0.05) is 46.3 Å². The number of halogens is 2. The summed E-state index contributed by atoms with van der Waals surface area (Å²) < 4.78 is 19.9. The lowest BCUT2D eigenvalue weighted by atomic mass is 9.87. The summed E-state index contributed by atoms with van der Waals surface area (Å²) in [6.07, 6.45) is 2.02. The first-order valence-electron chi connectivity index (χ1n) is 7.34. The molecule has 1 fully saturated rings. The number of ether oxygens (including phenoxy) is 1. The molecule has 1 aliphatic heterocycles. The first-order valence-corrected chi connectivity index (χ1v) is 8.46. The minimum atomic E-state index is -0.177. The lowest BCUT2D eigenvalue weighted by molar-refractivity contribution is 0.0539. The molecule has 2 aromatic carbocycles. The van der Waals surface area contributed by atoms with Crippen molar-refractivity contribution >= 4 is 15.9 Å². The molecule has 0 N–H and O–H groups in total. The molecule has 108 valence electrons. The van der Waals surface area contributed by atoms with Crippen molar-refractivity contribution in [3.8, 4) is 0 Å². The standard InChI is InChI=1S/C18H16BrFO/c19-10-14-9-17-15-4-2-1-3-11(15)7-12-5-6-13(20)8-16(12)18(17)21-14/h1-6,8,14,17-18H,7,9-10H2. The average Bonchev–Trinajstić information content (AvgIpc) is 2.89. The van der Waals surface area contributed by atoms with Crippen LogP contribution in [0.5, 0.6) is 0 Å². The fraction of sp³-hybridized carbons (Fsp3) is 0.333. The van der Waals surface area contributed by atoms with Gasteiger partial charge in [0.25, 0.3) is 0 Å². The minimum absolute atomic E-state index is 0.0260. The molecular formula is C18H16BrFO. The highest BCUT2D eigenvalue weighted by atomic mass is 79.9. The molecule has 2 aliphatic rings. The number of hydrogen-bond acceptors (Lipinski definition) is 1. The largest absolute Gasteiger partial charge is 0.369 e. The normalized spacial score (nSPS) is 26.7. The number of fused-ring (bicyclic) bond motifs is 5. The minimum Gasteiger partial charge on any atom is -0.369 e. The van der Waals surface area contributed by atoms with Crippen LogP contribution in [-0.2, 0) is 11.2 Å². The second-order valence-corrected chi connectivity index (χ2v) is 6.54. The summed E-state index contributed by atoms with van der Waals surface area (Å²) >= 11 is 3.52. The van der Waals surface area contributed by atoms with Gasteiger partial charge in [0.05, 0.1) is 12.2 Å². The van der Waals surface area contributed by atoms with Gasteiger partial charge in [-0.3, -0.25) is 0 Å². The Balaban J connectivity index is 1.90. The van der Waals surface area contributed by atoms with Crippen LogP contribution >= 0.6 is 15.9 Å². The van der Waals surface area contributed by atoms with Crippen molar-refractivity contribution in [3.05, 3.63) is 70.5 Å². The molecule has 3 unspecified atom stereocenters. The molecule has 1 aliphatic carbocycles. The van der Waals surface area contributed by atoms with Gasteiger partial charge < -0.3 is 4.74 Å². The van der Waals surface area contributed by atoms with Gasteiger partial charge in [-0.2, -0.15) is 0 Å². The number of benzene rings is 2. The topological polar surface area (TPSA) is 9.23 Å². The molecule has 0 saturated carbocycles. The summed E-state index contributed by atoms with van der Waals surface area (Å²) in [7, 11) is 0. The lowest BCUT2D eigenvalue weighted by Gasteiger charge is -2.19. The van der Waals surface area contributed by atoms with Crippen molar-refractivity contribution in [3.63, 3.8) is 0 Å². The maximum atomic E-state index is 13.7. The molecule has 0 aromatic heterocycles. The Morgan fingerprint density at radius 2 is 1.90 bits per heavy atom. The molecule has 2 aromatic rings. The molecule has 1 heterocycles. The van der Waals surface area contributed by atoms with E-state index in [-0.39, 0.29) is 18.0 Å². The van der Waals surface area contributed by atoms with Gasteiger partial charge in [-0.15, -0.1) is 0 Å². The molecule has 3 heteroatoms. The van der Waals surface area contributed by atoms with Crippen LogP contribution in [0.4, 0.5) is 4.39 Å². The molecule has 1 saturated heterocycles. The zero-order valence-electron chi connectivity index (χ0n) is 11.6. The first-order chi connectivity index (χ1) is 10.3. The first kappa shape index (κ1) is 13.5. The zero-order chi connectivity index (χ0) is 14.4. The van der Waals surface area contributed by atoms with Gasteiger partial charge >= 0.3 is 0 Å². The summed E-state index contributed by atoms with van der Waals surface area (Å²) in [6.45, 7) is 0. The Morgan fingerprint density at radius 1 is 1.10 bits per heavy atom. The number of alkyl halides is 1. The molecular weight excluding hydrogens is 331 g/mol. The Morgan fingerprint density at radius 3 is 2.76 bits per heavy atom. The van der Waals surface area contributed by atoms with Crippen molar-refractivity contribution < 1.29 is 9.13 Å². The maximum absolute atomic E-state index is 13.7. The average molecular weight is 347 g/mol. The van der Waals surface area contributed by atoms with Crippen LogP contribution in [0.2, 0.25) is 0 Å². The molecule has 1 nitrogen and oxygen atoms in total. The van der Waals surface area contributed by atoms with Crippen LogP contribution in [0, 0.1) is 5.82 Å². The van der Waals surface area contributed by atoms with E-state index in [0.717, 1.165) is 23.7 Å². The Bertz CT molecular complexity index is 685. The third-order valence-electron chi connectivity index (χ3n) is 4.64. The molecule has 4 rings (SSSR count). The predicted molar refractivity (Wildman–Crippen MR) is 84.4 cm³/mol. The third kappa shape index (κ3) is 2.23. The molecule has 0 amide bonds. The van der Waals surface area contributed by atoms with Crippen molar-refractivity contribution in [2.75, 3.05) is 5.33 Å². The second-order valence-electron chi connectivity index (χ2n) is 5.89. The number of rotatable bonds is 1. The lowest BCUT2D eigenvalue weighted by Crippen LogP contribution is -2.09.